The maximum Gasteiger partial charge on any atom is 0.228 e. The van der Waals surface area contributed by atoms with Gasteiger partial charge in [0.25, 0.3) is 0 Å². The number of hydrogen-bond donors (Lipinski definition) is 2. The van der Waals surface area contributed by atoms with Gasteiger partial charge in [0.05, 0.1) is 5.92 Å². The summed E-state index contributed by atoms with van der Waals surface area (Å²) in [6.07, 6.45) is 5.76. The van der Waals surface area contributed by atoms with Gasteiger partial charge in [0.1, 0.15) is 0 Å². The van der Waals surface area contributed by atoms with Crippen LogP contribution in [0.2, 0.25) is 0 Å². The Hall–Kier alpha value is -1.35. The highest BCUT2D eigenvalue weighted by Crippen LogP contribution is 2.28. The smallest absolute Gasteiger partial charge is 0.228 e. The van der Waals surface area contributed by atoms with Crippen molar-refractivity contribution in [3.8, 4) is 0 Å². The van der Waals surface area contributed by atoms with E-state index in [0.29, 0.717) is 5.92 Å². The van der Waals surface area contributed by atoms with Crippen LogP contribution in [0.3, 0.4) is 0 Å². The van der Waals surface area contributed by atoms with Crippen molar-refractivity contribution in [3.05, 3.63) is 29.3 Å². The van der Waals surface area contributed by atoms with Crippen LogP contribution in [0.4, 0.5) is 5.69 Å². The molecule has 0 bridgehead atoms. The number of benzene rings is 1. The molecule has 2 aliphatic rings. The van der Waals surface area contributed by atoms with Crippen molar-refractivity contribution in [3.63, 3.8) is 0 Å². The van der Waals surface area contributed by atoms with Crippen LogP contribution >= 0.6 is 0 Å². The number of rotatable bonds is 2. The summed E-state index contributed by atoms with van der Waals surface area (Å²) < 4.78 is 0. The first kappa shape index (κ1) is 13.6. The molecule has 2 N–H and O–H groups in total. The zero-order chi connectivity index (χ0) is 13.9. The zero-order valence-electron chi connectivity index (χ0n) is 12.2. The maximum atomic E-state index is 12.4. The minimum atomic E-state index is 0.109. The molecule has 108 valence electrons. The summed E-state index contributed by atoms with van der Waals surface area (Å²) in [7, 11) is 0. The Bertz CT molecular complexity index is 498. The Morgan fingerprint density at radius 3 is 2.95 bits per heavy atom. The molecule has 1 fully saturated rings. The van der Waals surface area contributed by atoms with Crippen LogP contribution < -0.4 is 10.6 Å². The number of piperidine rings is 1. The number of carbonyl (C=O) groups is 1. The van der Waals surface area contributed by atoms with E-state index in [4.69, 9.17) is 0 Å². The van der Waals surface area contributed by atoms with Crippen molar-refractivity contribution in [1.82, 2.24) is 5.32 Å². The third-order valence-electron chi connectivity index (χ3n) is 4.60. The highest BCUT2D eigenvalue weighted by molar-refractivity contribution is 5.93. The Morgan fingerprint density at radius 1 is 1.25 bits per heavy atom. The molecular formula is C17H24N2O. The average Bonchev–Trinajstić information content (AvgIpc) is 2.47. The molecule has 0 spiro atoms. The Balaban J connectivity index is 1.72. The van der Waals surface area contributed by atoms with Crippen molar-refractivity contribution >= 4 is 11.6 Å². The van der Waals surface area contributed by atoms with E-state index in [1.807, 2.05) is 0 Å². The Labute approximate surface area is 121 Å². The summed E-state index contributed by atoms with van der Waals surface area (Å²) in [6.45, 7) is 4.05. The summed E-state index contributed by atoms with van der Waals surface area (Å²) in [4.78, 5) is 12.4. The van der Waals surface area contributed by atoms with E-state index in [9.17, 15) is 4.79 Å². The van der Waals surface area contributed by atoms with Crippen LogP contribution in [0.25, 0.3) is 0 Å². The zero-order valence-corrected chi connectivity index (χ0v) is 12.2. The average molecular weight is 272 g/mol. The molecule has 1 heterocycles. The fourth-order valence-corrected chi connectivity index (χ4v) is 3.49. The SMILES string of the molecule is CC1CNCC(C(=O)Nc2cccc3c2CCCC3)C1. The lowest BCUT2D eigenvalue weighted by molar-refractivity contribution is -0.120. The fourth-order valence-electron chi connectivity index (χ4n) is 3.49. The lowest BCUT2D eigenvalue weighted by atomic mass is 9.89. The molecule has 20 heavy (non-hydrogen) atoms. The molecule has 2 atom stereocenters. The highest BCUT2D eigenvalue weighted by Gasteiger charge is 2.25. The largest absolute Gasteiger partial charge is 0.326 e. The third-order valence-corrected chi connectivity index (χ3v) is 4.60. The van der Waals surface area contributed by atoms with Gasteiger partial charge in [-0.2, -0.15) is 0 Å². The predicted molar refractivity (Wildman–Crippen MR) is 81.9 cm³/mol. The quantitative estimate of drug-likeness (QED) is 0.869. The summed E-state index contributed by atoms with van der Waals surface area (Å²) in [6, 6.07) is 6.33. The summed E-state index contributed by atoms with van der Waals surface area (Å²) in [5, 5.41) is 6.53. The first-order valence-electron chi connectivity index (χ1n) is 7.86. The normalized spacial score (nSPS) is 25.9. The van der Waals surface area contributed by atoms with E-state index in [1.54, 1.807) is 0 Å². The van der Waals surface area contributed by atoms with Gasteiger partial charge in [0.2, 0.25) is 5.91 Å². The fraction of sp³-hybridized carbons (Fsp3) is 0.588. The van der Waals surface area contributed by atoms with Crippen LogP contribution in [0.15, 0.2) is 18.2 Å². The first-order valence-corrected chi connectivity index (χ1v) is 7.86. The predicted octanol–water partition coefficient (Wildman–Crippen LogP) is 2.75. The minimum Gasteiger partial charge on any atom is -0.326 e. The van der Waals surface area contributed by atoms with Crippen LogP contribution in [0, 0.1) is 11.8 Å². The second-order valence-corrected chi connectivity index (χ2v) is 6.34. The molecule has 1 aromatic rings. The van der Waals surface area contributed by atoms with E-state index in [-0.39, 0.29) is 11.8 Å². The van der Waals surface area contributed by atoms with Gasteiger partial charge in [-0.05, 0) is 61.8 Å². The number of anilines is 1. The van der Waals surface area contributed by atoms with E-state index >= 15 is 0 Å². The van der Waals surface area contributed by atoms with Crippen molar-refractivity contribution in [2.45, 2.75) is 39.0 Å². The lowest BCUT2D eigenvalue weighted by Gasteiger charge is -2.27. The summed E-state index contributed by atoms with van der Waals surface area (Å²) in [5.74, 6) is 0.880. The van der Waals surface area contributed by atoms with Crippen molar-refractivity contribution < 1.29 is 4.79 Å². The summed E-state index contributed by atoms with van der Waals surface area (Å²) in [5.41, 5.74) is 3.83. The Kier molecular flexibility index (Phi) is 4.06. The van der Waals surface area contributed by atoms with Crippen LogP contribution in [-0.2, 0) is 17.6 Å². The van der Waals surface area contributed by atoms with Gasteiger partial charge in [-0.15, -0.1) is 0 Å². The molecule has 3 rings (SSSR count). The van der Waals surface area contributed by atoms with Gasteiger partial charge in [-0.3, -0.25) is 4.79 Å². The molecule has 1 amide bonds. The monoisotopic (exact) mass is 272 g/mol. The third kappa shape index (κ3) is 2.88. The minimum absolute atomic E-state index is 0.109. The van der Waals surface area contributed by atoms with Crippen molar-refractivity contribution in [2.75, 3.05) is 18.4 Å². The van der Waals surface area contributed by atoms with Gasteiger partial charge >= 0.3 is 0 Å². The standard InChI is InChI=1S/C17H24N2O/c1-12-9-14(11-18-10-12)17(20)19-16-8-4-6-13-5-2-3-7-15(13)16/h4,6,8,12,14,18H,2-3,5,7,9-11H2,1H3,(H,19,20). The second kappa shape index (κ2) is 5.96. The second-order valence-electron chi connectivity index (χ2n) is 6.34. The number of fused-ring (bicyclic) bond motifs is 1. The van der Waals surface area contributed by atoms with Crippen LogP contribution in [-0.4, -0.2) is 19.0 Å². The molecule has 3 heteroatoms. The topological polar surface area (TPSA) is 41.1 Å². The molecule has 0 saturated carbocycles. The van der Waals surface area contributed by atoms with Gasteiger partial charge in [-0.1, -0.05) is 19.1 Å². The van der Waals surface area contributed by atoms with Gasteiger partial charge in [-0.25, -0.2) is 0 Å². The molecular weight excluding hydrogens is 248 g/mol. The molecule has 1 aliphatic heterocycles. The van der Waals surface area contributed by atoms with E-state index in [2.05, 4.69) is 35.8 Å². The number of nitrogens with one attached hydrogen (secondary N) is 2. The van der Waals surface area contributed by atoms with Gasteiger partial charge < -0.3 is 10.6 Å². The van der Waals surface area contributed by atoms with E-state index < -0.39 is 0 Å². The van der Waals surface area contributed by atoms with Gasteiger partial charge in [0.15, 0.2) is 0 Å². The van der Waals surface area contributed by atoms with Crippen molar-refractivity contribution in [2.24, 2.45) is 11.8 Å². The van der Waals surface area contributed by atoms with Crippen LogP contribution in [0.1, 0.15) is 37.3 Å². The lowest BCUT2D eigenvalue weighted by Crippen LogP contribution is -2.41. The molecule has 2 unspecified atom stereocenters. The Morgan fingerprint density at radius 2 is 2.10 bits per heavy atom. The van der Waals surface area contributed by atoms with E-state index in [1.165, 1.54) is 24.0 Å². The molecule has 3 nitrogen and oxygen atoms in total. The number of carbonyl (C=O) groups excluding carboxylic acids is 1. The molecule has 0 radical (unpaired) electrons. The van der Waals surface area contributed by atoms with E-state index in [0.717, 1.165) is 38.0 Å². The van der Waals surface area contributed by atoms with Crippen LogP contribution in [0.5, 0.6) is 0 Å². The summed E-state index contributed by atoms with van der Waals surface area (Å²) >= 11 is 0. The molecule has 1 aromatic carbocycles. The number of hydrogen-bond acceptors (Lipinski definition) is 2. The van der Waals surface area contributed by atoms with Gasteiger partial charge in [0, 0.05) is 12.2 Å². The number of amides is 1. The molecule has 1 aliphatic carbocycles. The first-order chi connectivity index (χ1) is 9.74. The molecule has 0 aromatic heterocycles. The highest BCUT2D eigenvalue weighted by atomic mass is 16.1. The molecule has 1 saturated heterocycles. The maximum absolute atomic E-state index is 12.4. The van der Waals surface area contributed by atoms with Crippen molar-refractivity contribution in [1.29, 1.82) is 0 Å². The number of aryl methyl sites for hydroxylation is 1.